The molecule has 5 aromatic carbocycles. The topological polar surface area (TPSA) is 64.8 Å². The van der Waals surface area contributed by atoms with E-state index in [1.54, 1.807) is 37.5 Å². The van der Waals surface area contributed by atoms with Crippen LogP contribution in [0.3, 0.4) is 0 Å². The predicted octanol–water partition coefficient (Wildman–Crippen LogP) is 8.51. The van der Waals surface area contributed by atoms with Gasteiger partial charge in [0.05, 0.1) is 19.1 Å². The van der Waals surface area contributed by atoms with Gasteiger partial charge in [0.1, 0.15) is 0 Å². The first kappa shape index (κ1) is 28.3. The summed E-state index contributed by atoms with van der Waals surface area (Å²) in [5.41, 5.74) is 6.69. The summed E-state index contributed by atoms with van der Waals surface area (Å²) >= 11 is 0. The summed E-state index contributed by atoms with van der Waals surface area (Å²) in [6, 6.07) is 28.7. The molecule has 1 aliphatic heterocycles. The Labute approximate surface area is 252 Å². The number of hydrogen-bond acceptors (Lipinski definition) is 5. The normalized spacial score (nSPS) is 13.6. The molecule has 1 heterocycles. The Bertz CT molecular complexity index is 1810. The molecule has 0 saturated heterocycles. The minimum atomic E-state index is -0.379. The Kier molecular flexibility index (Phi) is 8.27. The van der Waals surface area contributed by atoms with Gasteiger partial charge in [-0.3, -0.25) is 10.1 Å². The van der Waals surface area contributed by atoms with E-state index in [9.17, 15) is 10.1 Å². The molecule has 0 spiro atoms. The molecular weight excluding hydrogens is 536 g/mol. The fourth-order valence-corrected chi connectivity index (χ4v) is 6.24. The number of nitro benzene ring substituents is 1. The zero-order chi connectivity index (χ0) is 29.8. The van der Waals surface area contributed by atoms with Gasteiger partial charge in [-0.2, -0.15) is 0 Å². The molecule has 6 nitrogen and oxygen atoms in total. The van der Waals surface area contributed by atoms with Crippen LogP contribution in [0.15, 0.2) is 91.1 Å². The standard InChI is InChI=1S/C19H20N2O4.C18H16/c1-24-18-11-15-8-10-20(13-16(15)12-19(18)25-2)9-7-14-3-5-17(6-4-14)21(22)23;1-3-7-15-13(5-1)9-11-18-16-8-4-2-6-14(16)10-12-17(15)18/h3-6,8,10-12H,7,9,13H2,1-2H3;1,3,5,7,9-12H,2,4,6,8H2. The second-order valence-corrected chi connectivity index (χ2v) is 11.2. The summed E-state index contributed by atoms with van der Waals surface area (Å²) in [6.45, 7) is 1.63. The molecule has 6 heteroatoms. The number of methoxy groups -OCH3 is 2. The van der Waals surface area contributed by atoms with Crippen molar-refractivity contribution in [1.29, 1.82) is 0 Å². The van der Waals surface area contributed by atoms with Gasteiger partial charge in [0, 0.05) is 25.2 Å². The van der Waals surface area contributed by atoms with Crippen LogP contribution in [0.2, 0.25) is 0 Å². The number of non-ortho nitro benzene ring substituents is 1. The van der Waals surface area contributed by atoms with E-state index < -0.39 is 0 Å². The molecule has 218 valence electrons. The van der Waals surface area contributed by atoms with Gasteiger partial charge in [-0.1, -0.05) is 60.7 Å². The minimum Gasteiger partial charge on any atom is -0.493 e. The van der Waals surface area contributed by atoms with Gasteiger partial charge in [-0.25, -0.2) is 0 Å². The predicted molar refractivity (Wildman–Crippen MR) is 174 cm³/mol. The average molecular weight is 573 g/mol. The van der Waals surface area contributed by atoms with Crippen molar-refractivity contribution in [1.82, 2.24) is 4.90 Å². The minimum absolute atomic E-state index is 0.122. The Morgan fingerprint density at radius 2 is 1.53 bits per heavy atom. The lowest BCUT2D eigenvalue weighted by atomic mass is 9.86. The van der Waals surface area contributed by atoms with E-state index >= 15 is 0 Å². The molecule has 2 aliphatic rings. The summed E-state index contributed by atoms with van der Waals surface area (Å²) in [7, 11) is 3.27. The highest BCUT2D eigenvalue weighted by molar-refractivity contribution is 6.08. The fourth-order valence-electron chi connectivity index (χ4n) is 6.24. The van der Waals surface area contributed by atoms with Crippen molar-refractivity contribution < 1.29 is 14.4 Å². The maximum absolute atomic E-state index is 10.7. The summed E-state index contributed by atoms with van der Waals surface area (Å²) in [6.07, 6.45) is 10.2. The molecule has 0 atom stereocenters. The third kappa shape index (κ3) is 6.05. The molecule has 0 amide bonds. The van der Waals surface area contributed by atoms with Gasteiger partial charge in [0.15, 0.2) is 11.5 Å². The molecule has 0 bridgehead atoms. The maximum Gasteiger partial charge on any atom is 0.269 e. The second kappa shape index (κ2) is 12.6. The SMILES string of the molecule is COc1cc2c(cc1OC)CN(CCc1ccc([N+](=O)[O-])cc1)C=C2.c1ccc2c(c1)ccc1c3c(ccc12)CCCC3. The lowest BCUT2D eigenvalue weighted by Crippen LogP contribution is -2.22. The first-order chi connectivity index (χ1) is 21.0. The molecule has 0 unspecified atom stereocenters. The van der Waals surface area contributed by atoms with E-state index in [0.29, 0.717) is 0 Å². The van der Waals surface area contributed by atoms with Crippen molar-refractivity contribution in [2.75, 3.05) is 20.8 Å². The molecule has 0 aromatic heterocycles. The Hall–Kier alpha value is -4.84. The third-order valence-electron chi connectivity index (χ3n) is 8.58. The van der Waals surface area contributed by atoms with E-state index in [2.05, 4.69) is 65.7 Å². The first-order valence-corrected chi connectivity index (χ1v) is 14.9. The Morgan fingerprint density at radius 1 is 0.791 bits per heavy atom. The van der Waals surface area contributed by atoms with Crippen molar-refractivity contribution in [2.45, 2.75) is 38.6 Å². The largest absolute Gasteiger partial charge is 0.493 e. The lowest BCUT2D eigenvalue weighted by molar-refractivity contribution is -0.384. The highest BCUT2D eigenvalue weighted by atomic mass is 16.6. The smallest absolute Gasteiger partial charge is 0.269 e. The van der Waals surface area contributed by atoms with E-state index in [0.717, 1.165) is 42.1 Å². The number of fused-ring (bicyclic) bond motifs is 6. The van der Waals surface area contributed by atoms with Gasteiger partial charge in [-0.05, 0) is 106 Å². The molecule has 5 aromatic rings. The molecule has 0 saturated carbocycles. The first-order valence-electron chi connectivity index (χ1n) is 14.9. The molecule has 0 N–H and O–H groups in total. The Morgan fingerprint density at radius 3 is 2.33 bits per heavy atom. The Balaban J connectivity index is 0.000000160. The quantitative estimate of drug-likeness (QED) is 0.116. The zero-order valence-electron chi connectivity index (χ0n) is 24.7. The van der Waals surface area contributed by atoms with Crippen LogP contribution in [-0.2, 0) is 25.8 Å². The zero-order valence-corrected chi connectivity index (χ0v) is 24.7. The number of nitrogens with zero attached hydrogens (tertiary/aromatic N) is 2. The summed E-state index contributed by atoms with van der Waals surface area (Å²) in [5.74, 6) is 1.46. The van der Waals surface area contributed by atoms with Crippen LogP contribution < -0.4 is 9.47 Å². The van der Waals surface area contributed by atoms with E-state index in [1.165, 1.54) is 52.8 Å². The molecule has 43 heavy (non-hydrogen) atoms. The van der Waals surface area contributed by atoms with Crippen molar-refractivity contribution in [3.63, 3.8) is 0 Å². The second-order valence-electron chi connectivity index (χ2n) is 11.2. The summed E-state index contributed by atoms with van der Waals surface area (Å²) < 4.78 is 10.7. The van der Waals surface area contributed by atoms with Gasteiger partial charge >= 0.3 is 0 Å². The van der Waals surface area contributed by atoms with E-state index in [4.69, 9.17) is 9.47 Å². The van der Waals surface area contributed by atoms with E-state index in [1.807, 2.05) is 24.3 Å². The number of ether oxygens (including phenoxy) is 2. The van der Waals surface area contributed by atoms with Gasteiger partial charge in [0.2, 0.25) is 0 Å². The van der Waals surface area contributed by atoms with Crippen molar-refractivity contribution in [3.8, 4) is 11.5 Å². The molecule has 0 radical (unpaired) electrons. The maximum atomic E-state index is 10.7. The molecular formula is C37H36N2O4. The van der Waals surface area contributed by atoms with Crippen LogP contribution in [0, 0.1) is 10.1 Å². The lowest BCUT2D eigenvalue weighted by Gasteiger charge is -2.26. The van der Waals surface area contributed by atoms with Gasteiger partial charge in [0.25, 0.3) is 5.69 Å². The number of aryl methyl sites for hydroxylation is 2. The number of rotatable bonds is 6. The highest BCUT2D eigenvalue weighted by Gasteiger charge is 2.16. The van der Waals surface area contributed by atoms with Crippen LogP contribution in [0.1, 0.15) is 40.7 Å². The number of nitro groups is 1. The number of hydrogen-bond donors (Lipinski definition) is 0. The highest BCUT2D eigenvalue weighted by Crippen LogP contribution is 2.34. The third-order valence-corrected chi connectivity index (χ3v) is 8.58. The van der Waals surface area contributed by atoms with Gasteiger partial charge < -0.3 is 14.4 Å². The van der Waals surface area contributed by atoms with Crippen LogP contribution in [0.25, 0.3) is 27.6 Å². The van der Waals surface area contributed by atoms with Gasteiger partial charge in [-0.15, -0.1) is 0 Å². The monoisotopic (exact) mass is 572 g/mol. The average Bonchev–Trinajstić information content (AvgIpc) is 3.06. The number of benzene rings is 5. The van der Waals surface area contributed by atoms with Crippen molar-refractivity contribution in [2.24, 2.45) is 0 Å². The fraction of sp³-hybridized carbons (Fsp3) is 0.243. The van der Waals surface area contributed by atoms with E-state index in [-0.39, 0.29) is 10.6 Å². The molecule has 0 fully saturated rings. The molecule has 1 aliphatic carbocycles. The summed E-state index contributed by atoms with van der Waals surface area (Å²) in [5, 5.41) is 16.3. The van der Waals surface area contributed by atoms with Crippen LogP contribution in [0.5, 0.6) is 11.5 Å². The van der Waals surface area contributed by atoms with Crippen molar-refractivity contribution >= 4 is 33.3 Å². The van der Waals surface area contributed by atoms with Crippen LogP contribution in [-0.4, -0.2) is 30.6 Å². The molecule has 7 rings (SSSR count). The summed E-state index contributed by atoms with van der Waals surface area (Å²) in [4.78, 5) is 12.5. The van der Waals surface area contributed by atoms with Crippen LogP contribution in [0.4, 0.5) is 5.69 Å². The van der Waals surface area contributed by atoms with Crippen LogP contribution >= 0.6 is 0 Å². The van der Waals surface area contributed by atoms with Crippen molar-refractivity contribution in [3.05, 3.63) is 129 Å².